The van der Waals surface area contributed by atoms with Gasteiger partial charge in [0, 0.05) is 20.4 Å². The van der Waals surface area contributed by atoms with Gasteiger partial charge >= 0.3 is 26.2 Å². The highest BCUT2D eigenvalue weighted by Gasteiger charge is 2.25. The van der Waals surface area contributed by atoms with Gasteiger partial charge in [-0.25, -0.2) is 4.57 Å². The van der Waals surface area contributed by atoms with Gasteiger partial charge in [-0.3, -0.25) is 9.59 Å². The molecule has 24 heavy (non-hydrogen) atoms. The van der Waals surface area contributed by atoms with E-state index in [4.69, 9.17) is 5.73 Å². The van der Waals surface area contributed by atoms with E-state index >= 15 is 0 Å². The summed E-state index contributed by atoms with van der Waals surface area (Å²) in [5, 5.41) is 9.83. The van der Waals surface area contributed by atoms with Gasteiger partial charge in [-0.2, -0.15) is 9.95 Å². The van der Waals surface area contributed by atoms with Crippen molar-refractivity contribution in [2.45, 2.75) is 46.0 Å². The van der Waals surface area contributed by atoms with Crippen LogP contribution in [0.5, 0.6) is 0 Å². The lowest BCUT2D eigenvalue weighted by Crippen LogP contribution is -2.35. The molecule has 140 valence electrons. The summed E-state index contributed by atoms with van der Waals surface area (Å²) in [5.41, 5.74) is 5.29. The van der Waals surface area contributed by atoms with Gasteiger partial charge in [0.1, 0.15) is 0 Å². The fourth-order valence-electron chi connectivity index (χ4n) is 1.25. The number of aliphatic hydroxyl groups excluding tert-OH is 1. The minimum Gasteiger partial charge on any atom is -0.408 e. The minimum atomic E-state index is -4.81. The molecular formula is C11H22N3O9P. The van der Waals surface area contributed by atoms with Crippen molar-refractivity contribution >= 4 is 25.6 Å². The number of aliphatic hydroxyl groups is 1. The standard InChI is InChI=1S/C11H22N3O9P/c1-4-5-6-7-9(16)20-11(17)22-23-24(18,19)13-10(12)14(3)21-8(2)15/h11,17H,4-7H2,1-3H3,(H3,12,13,18,19). The third-order valence-electron chi connectivity index (χ3n) is 2.26. The predicted molar refractivity (Wildman–Crippen MR) is 79.4 cm³/mol. The van der Waals surface area contributed by atoms with Gasteiger partial charge in [0.2, 0.25) is 5.96 Å². The molecule has 0 saturated carbocycles. The third kappa shape index (κ3) is 10.9. The van der Waals surface area contributed by atoms with Crippen molar-refractivity contribution in [2.24, 2.45) is 10.5 Å². The van der Waals surface area contributed by atoms with Crippen LogP contribution in [0.1, 0.15) is 39.5 Å². The van der Waals surface area contributed by atoms with E-state index in [9.17, 15) is 24.2 Å². The fraction of sp³-hybridized carbons (Fsp3) is 0.727. The first-order valence-corrected chi connectivity index (χ1v) is 8.43. The second-order valence-electron chi connectivity index (χ2n) is 4.45. The van der Waals surface area contributed by atoms with Crippen LogP contribution in [-0.2, 0) is 33.3 Å². The molecule has 0 aromatic carbocycles. The van der Waals surface area contributed by atoms with Gasteiger partial charge in [-0.15, -0.1) is 9.44 Å². The van der Waals surface area contributed by atoms with Crippen LogP contribution in [0.2, 0.25) is 0 Å². The third-order valence-corrected chi connectivity index (χ3v) is 2.99. The molecule has 0 spiro atoms. The molecule has 0 saturated heterocycles. The molecule has 0 aliphatic rings. The molecule has 13 heteroatoms. The van der Waals surface area contributed by atoms with Crippen molar-refractivity contribution < 1.29 is 43.3 Å². The summed E-state index contributed by atoms with van der Waals surface area (Å²) in [6, 6.07) is 0. The normalized spacial score (nSPS) is 15.3. The van der Waals surface area contributed by atoms with Gasteiger partial charge < -0.3 is 25.3 Å². The maximum absolute atomic E-state index is 11.5. The number of hydroxylamine groups is 2. The van der Waals surface area contributed by atoms with E-state index < -0.39 is 32.1 Å². The van der Waals surface area contributed by atoms with E-state index in [-0.39, 0.29) is 6.42 Å². The predicted octanol–water partition coefficient (Wildman–Crippen LogP) is 0.159. The van der Waals surface area contributed by atoms with Crippen LogP contribution in [0, 0.1) is 0 Å². The van der Waals surface area contributed by atoms with E-state index in [2.05, 4.69) is 23.9 Å². The summed E-state index contributed by atoms with van der Waals surface area (Å²) in [4.78, 5) is 39.8. The SMILES string of the molecule is CCCCCC(=O)OC(O)OOP(=O)(O)/N=C(/N)N(C)OC(C)=O. The average molecular weight is 371 g/mol. The first-order chi connectivity index (χ1) is 11.1. The van der Waals surface area contributed by atoms with Gasteiger partial charge in [-0.05, 0) is 6.42 Å². The second kappa shape index (κ2) is 10.9. The number of hydrogen-bond donors (Lipinski definition) is 3. The van der Waals surface area contributed by atoms with Gasteiger partial charge in [0.05, 0.1) is 0 Å². The number of unbranched alkanes of at least 4 members (excludes halogenated alkanes) is 2. The van der Waals surface area contributed by atoms with Crippen LogP contribution in [0.25, 0.3) is 0 Å². The number of nitrogens with zero attached hydrogens (tertiary/aromatic N) is 2. The van der Waals surface area contributed by atoms with Crippen LogP contribution in [0.3, 0.4) is 0 Å². The van der Waals surface area contributed by atoms with Crippen LogP contribution < -0.4 is 5.73 Å². The Bertz CT molecular complexity index is 499. The lowest BCUT2D eigenvalue weighted by atomic mass is 10.2. The van der Waals surface area contributed by atoms with Crippen LogP contribution >= 0.6 is 7.75 Å². The highest BCUT2D eigenvalue weighted by molar-refractivity contribution is 7.51. The highest BCUT2D eigenvalue weighted by Crippen LogP contribution is 2.44. The molecule has 0 radical (unpaired) electrons. The zero-order valence-electron chi connectivity index (χ0n) is 13.6. The summed E-state index contributed by atoms with van der Waals surface area (Å²) in [6.45, 7) is 0.802. The number of hydrogen-bond acceptors (Lipinski definition) is 8. The smallest absolute Gasteiger partial charge is 0.408 e. The Kier molecular flexibility index (Phi) is 10.2. The van der Waals surface area contributed by atoms with E-state index in [0.717, 1.165) is 26.8 Å². The van der Waals surface area contributed by atoms with Crippen molar-refractivity contribution in [1.82, 2.24) is 5.06 Å². The zero-order valence-corrected chi connectivity index (χ0v) is 14.5. The zero-order chi connectivity index (χ0) is 18.8. The van der Waals surface area contributed by atoms with Gasteiger partial charge in [0.25, 0.3) is 0 Å². The molecule has 0 aliphatic heterocycles. The first kappa shape index (κ1) is 22.3. The second-order valence-corrected chi connectivity index (χ2v) is 5.78. The molecule has 2 unspecified atom stereocenters. The molecule has 4 N–H and O–H groups in total. The molecule has 0 rings (SSSR count). The summed E-state index contributed by atoms with van der Waals surface area (Å²) in [6.07, 6.45) is 2.30. The highest BCUT2D eigenvalue weighted by atomic mass is 31.2. The van der Waals surface area contributed by atoms with Crippen LogP contribution in [-0.4, -0.2) is 46.5 Å². The lowest BCUT2D eigenvalue weighted by molar-refractivity contribution is -0.381. The monoisotopic (exact) mass is 371 g/mol. The van der Waals surface area contributed by atoms with Crippen molar-refractivity contribution in [2.75, 3.05) is 7.05 Å². The first-order valence-electron chi connectivity index (χ1n) is 6.90. The Labute approximate surface area is 138 Å². The number of carbonyl (C=O) groups excluding carboxylic acids is 2. The lowest BCUT2D eigenvalue weighted by Gasteiger charge is -2.16. The molecule has 2 atom stereocenters. The molecular weight excluding hydrogens is 349 g/mol. The number of rotatable bonds is 9. The van der Waals surface area contributed by atoms with Crippen molar-refractivity contribution in [3.05, 3.63) is 0 Å². The van der Waals surface area contributed by atoms with Crippen LogP contribution in [0.4, 0.5) is 0 Å². The van der Waals surface area contributed by atoms with E-state index in [1.807, 2.05) is 6.92 Å². The largest absolute Gasteiger partial charge is 0.481 e. The summed E-state index contributed by atoms with van der Waals surface area (Å²) >= 11 is 0. The molecule has 0 aliphatic carbocycles. The molecule has 12 nitrogen and oxygen atoms in total. The number of ether oxygens (including phenoxy) is 1. The van der Waals surface area contributed by atoms with Crippen molar-refractivity contribution in [3.63, 3.8) is 0 Å². The van der Waals surface area contributed by atoms with Crippen molar-refractivity contribution in [1.29, 1.82) is 0 Å². The molecule has 0 heterocycles. The Morgan fingerprint density at radius 2 is 2.00 bits per heavy atom. The number of esters is 1. The number of nitrogens with two attached hydrogens (primary N) is 1. The van der Waals surface area contributed by atoms with Crippen molar-refractivity contribution in [3.8, 4) is 0 Å². The van der Waals surface area contributed by atoms with Crippen LogP contribution in [0.15, 0.2) is 4.76 Å². The van der Waals surface area contributed by atoms with E-state index in [1.54, 1.807) is 0 Å². The summed E-state index contributed by atoms with van der Waals surface area (Å²) < 4.78 is 22.9. The fourth-order valence-corrected chi connectivity index (χ4v) is 1.86. The number of guanidine groups is 1. The minimum absolute atomic E-state index is 0.0450. The quantitative estimate of drug-likeness (QED) is 0.0737. The van der Waals surface area contributed by atoms with E-state index in [1.165, 1.54) is 0 Å². The Morgan fingerprint density at radius 1 is 1.38 bits per heavy atom. The molecule has 0 fully saturated rings. The maximum atomic E-state index is 11.5. The molecule has 0 bridgehead atoms. The molecule has 0 amide bonds. The Hall–Kier alpha value is -1.72. The Balaban J connectivity index is 4.37. The Morgan fingerprint density at radius 3 is 2.54 bits per heavy atom. The van der Waals surface area contributed by atoms with Gasteiger partial charge in [0.15, 0.2) is 0 Å². The summed E-state index contributed by atoms with van der Waals surface area (Å²) in [7, 11) is -3.67. The summed E-state index contributed by atoms with van der Waals surface area (Å²) in [5.74, 6) is -2.19. The van der Waals surface area contributed by atoms with E-state index in [0.29, 0.717) is 11.5 Å². The average Bonchev–Trinajstić information content (AvgIpc) is 2.44. The molecule has 0 aromatic heterocycles. The maximum Gasteiger partial charge on any atom is 0.481 e. The molecule has 0 aromatic rings. The van der Waals surface area contributed by atoms with Gasteiger partial charge in [-0.1, -0.05) is 19.8 Å². The topological polar surface area (TPSA) is 170 Å². The number of carbonyl (C=O) groups is 2.